The van der Waals surface area contributed by atoms with Crippen molar-refractivity contribution in [2.75, 3.05) is 7.11 Å². The van der Waals surface area contributed by atoms with E-state index in [1.54, 1.807) is 0 Å². The highest BCUT2D eigenvalue weighted by Gasteiger charge is 2.42. The second kappa shape index (κ2) is 6.95. The van der Waals surface area contributed by atoms with Crippen LogP contribution in [-0.4, -0.2) is 25.7 Å². The number of hydrogen-bond acceptors (Lipinski definition) is 3. The van der Waals surface area contributed by atoms with Crippen LogP contribution in [0.15, 0.2) is 18.2 Å². The Kier molecular flexibility index (Phi) is 4.92. The summed E-state index contributed by atoms with van der Waals surface area (Å²) in [6, 6.07) is 4.35. The number of ether oxygens (including phenoxy) is 2. The number of methoxy groups -OCH3 is 1. The van der Waals surface area contributed by atoms with Crippen LogP contribution in [0.4, 0.5) is 8.78 Å². The van der Waals surface area contributed by atoms with Crippen molar-refractivity contribution in [2.45, 2.75) is 45.3 Å². The lowest BCUT2D eigenvalue weighted by molar-refractivity contribution is -0.0512. The summed E-state index contributed by atoms with van der Waals surface area (Å²) in [6.45, 7) is -0.884. The van der Waals surface area contributed by atoms with Crippen LogP contribution in [0.1, 0.15) is 43.0 Å². The Morgan fingerprint density at radius 1 is 1.25 bits per heavy atom. The lowest BCUT2D eigenvalue weighted by Gasteiger charge is -2.28. The molecule has 0 saturated heterocycles. The van der Waals surface area contributed by atoms with E-state index in [9.17, 15) is 13.6 Å². The first-order valence-corrected chi connectivity index (χ1v) is 8.41. The molecular formula is C18H23F2NO3. The standard InChI is InChI=1S/C18H23F2NO3/c1-10(14-8-11-3-4-12(14)7-11)21-17(22)13-5-6-15(24-18(19)20)16(9-13)23-2/h5-6,9-12,14,18H,3-4,7-8H2,1-2H3,(H,21,22)/t10-,11-,12-,14+/m1/s1. The summed E-state index contributed by atoms with van der Waals surface area (Å²) in [4.78, 5) is 12.5. The smallest absolute Gasteiger partial charge is 0.387 e. The van der Waals surface area contributed by atoms with Crippen molar-refractivity contribution in [3.05, 3.63) is 23.8 Å². The summed E-state index contributed by atoms with van der Waals surface area (Å²) in [7, 11) is 1.35. The normalized spacial score (nSPS) is 26.5. The molecule has 1 N–H and O–H groups in total. The second-order valence-corrected chi connectivity index (χ2v) is 6.84. The Morgan fingerprint density at radius 3 is 2.62 bits per heavy atom. The molecule has 1 amide bonds. The molecule has 0 unspecified atom stereocenters. The molecule has 2 fully saturated rings. The molecule has 24 heavy (non-hydrogen) atoms. The number of nitrogens with one attached hydrogen (secondary N) is 1. The van der Waals surface area contributed by atoms with E-state index in [2.05, 4.69) is 17.0 Å². The van der Waals surface area contributed by atoms with Crippen molar-refractivity contribution in [3.8, 4) is 11.5 Å². The van der Waals surface area contributed by atoms with Gasteiger partial charge in [0.2, 0.25) is 0 Å². The number of benzene rings is 1. The maximum Gasteiger partial charge on any atom is 0.387 e. The SMILES string of the molecule is COc1cc(C(=O)N[C@H](C)[C@@H]2C[C@@H]3CC[C@@H]2C3)ccc1OC(F)F. The van der Waals surface area contributed by atoms with Crippen LogP contribution in [0.3, 0.4) is 0 Å². The largest absolute Gasteiger partial charge is 0.493 e. The number of halogens is 2. The Bertz CT molecular complexity index is 608. The van der Waals surface area contributed by atoms with Crippen LogP contribution in [0.2, 0.25) is 0 Å². The van der Waals surface area contributed by atoms with Gasteiger partial charge in [0.15, 0.2) is 11.5 Å². The number of alkyl halides is 2. The fourth-order valence-electron chi connectivity index (χ4n) is 4.31. The van der Waals surface area contributed by atoms with Gasteiger partial charge in [0.05, 0.1) is 7.11 Å². The van der Waals surface area contributed by atoms with Crippen LogP contribution in [0.25, 0.3) is 0 Å². The summed E-state index contributed by atoms with van der Waals surface area (Å²) < 4.78 is 34.1. The molecule has 0 aliphatic heterocycles. The van der Waals surface area contributed by atoms with Crippen LogP contribution in [0.5, 0.6) is 11.5 Å². The predicted molar refractivity (Wildman–Crippen MR) is 85.5 cm³/mol. The molecule has 2 aliphatic carbocycles. The minimum Gasteiger partial charge on any atom is -0.493 e. The zero-order chi connectivity index (χ0) is 17.3. The van der Waals surface area contributed by atoms with Gasteiger partial charge >= 0.3 is 6.61 Å². The average molecular weight is 339 g/mol. The number of carbonyl (C=O) groups is 1. The van der Waals surface area contributed by atoms with Gasteiger partial charge in [0.1, 0.15) is 0 Å². The maximum absolute atomic E-state index is 12.5. The van der Waals surface area contributed by atoms with Gasteiger partial charge in [-0.15, -0.1) is 0 Å². The van der Waals surface area contributed by atoms with Crippen molar-refractivity contribution in [2.24, 2.45) is 17.8 Å². The topological polar surface area (TPSA) is 47.6 Å². The van der Waals surface area contributed by atoms with Crippen LogP contribution >= 0.6 is 0 Å². The molecule has 1 aromatic rings. The fraction of sp³-hybridized carbons (Fsp3) is 0.611. The first kappa shape index (κ1) is 17.0. The lowest BCUT2D eigenvalue weighted by atomic mass is 9.84. The van der Waals surface area contributed by atoms with Gasteiger partial charge in [-0.05, 0) is 62.1 Å². The first-order valence-electron chi connectivity index (χ1n) is 8.41. The second-order valence-electron chi connectivity index (χ2n) is 6.84. The van der Waals surface area contributed by atoms with E-state index < -0.39 is 6.61 Å². The van der Waals surface area contributed by atoms with E-state index in [0.29, 0.717) is 11.5 Å². The van der Waals surface area contributed by atoms with Crippen LogP contribution < -0.4 is 14.8 Å². The highest BCUT2D eigenvalue weighted by molar-refractivity contribution is 5.95. The highest BCUT2D eigenvalue weighted by Crippen LogP contribution is 2.49. The van der Waals surface area contributed by atoms with Crippen molar-refractivity contribution in [1.29, 1.82) is 0 Å². The Balaban J connectivity index is 1.66. The monoisotopic (exact) mass is 339 g/mol. The first-order chi connectivity index (χ1) is 11.5. The molecule has 132 valence electrons. The Hall–Kier alpha value is -1.85. The maximum atomic E-state index is 12.5. The van der Waals surface area contributed by atoms with E-state index >= 15 is 0 Å². The van der Waals surface area contributed by atoms with E-state index in [1.165, 1.54) is 51.0 Å². The summed E-state index contributed by atoms with van der Waals surface area (Å²) in [5.41, 5.74) is 0.378. The number of carbonyl (C=O) groups excluding carboxylic acids is 1. The Morgan fingerprint density at radius 2 is 2.04 bits per heavy atom. The van der Waals surface area contributed by atoms with E-state index in [4.69, 9.17) is 4.74 Å². The van der Waals surface area contributed by atoms with Gasteiger partial charge in [0, 0.05) is 11.6 Å². The highest BCUT2D eigenvalue weighted by atomic mass is 19.3. The molecule has 0 aromatic heterocycles. The summed E-state index contributed by atoms with van der Waals surface area (Å²) in [6.07, 6.45) is 5.07. The molecule has 2 bridgehead atoms. The lowest BCUT2D eigenvalue weighted by Crippen LogP contribution is -2.40. The van der Waals surface area contributed by atoms with E-state index in [1.807, 2.05) is 0 Å². The van der Waals surface area contributed by atoms with Crippen molar-refractivity contribution >= 4 is 5.91 Å². The average Bonchev–Trinajstić information content (AvgIpc) is 3.17. The molecule has 0 heterocycles. The number of amides is 1. The molecule has 1 aromatic carbocycles. The zero-order valence-electron chi connectivity index (χ0n) is 13.9. The number of fused-ring (bicyclic) bond motifs is 2. The van der Waals surface area contributed by atoms with Crippen LogP contribution in [0, 0.1) is 17.8 Å². The fourth-order valence-corrected chi connectivity index (χ4v) is 4.31. The Labute approximate surface area is 140 Å². The van der Waals surface area contributed by atoms with Crippen molar-refractivity contribution in [1.82, 2.24) is 5.32 Å². The van der Waals surface area contributed by atoms with Gasteiger partial charge in [-0.2, -0.15) is 8.78 Å². The van der Waals surface area contributed by atoms with Crippen molar-refractivity contribution < 1.29 is 23.0 Å². The molecule has 4 atom stereocenters. The van der Waals surface area contributed by atoms with Gasteiger partial charge in [-0.3, -0.25) is 4.79 Å². The molecule has 2 saturated carbocycles. The summed E-state index contributed by atoms with van der Waals surface area (Å²) in [5, 5.41) is 3.05. The third kappa shape index (κ3) is 3.47. The number of rotatable bonds is 6. The molecule has 4 nitrogen and oxygen atoms in total. The van der Waals surface area contributed by atoms with Gasteiger partial charge in [0.25, 0.3) is 5.91 Å². The van der Waals surface area contributed by atoms with Gasteiger partial charge in [-0.1, -0.05) is 6.42 Å². The van der Waals surface area contributed by atoms with E-state index in [-0.39, 0.29) is 23.4 Å². The third-order valence-corrected chi connectivity index (χ3v) is 5.44. The van der Waals surface area contributed by atoms with Gasteiger partial charge in [-0.25, -0.2) is 0 Å². The van der Waals surface area contributed by atoms with Gasteiger partial charge < -0.3 is 14.8 Å². The van der Waals surface area contributed by atoms with Crippen LogP contribution in [-0.2, 0) is 0 Å². The zero-order valence-corrected chi connectivity index (χ0v) is 13.9. The molecule has 0 spiro atoms. The quantitative estimate of drug-likeness (QED) is 0.856. The number of hydrogen-bond donors (Lipinski definition) is 1. The molecule has 6 heteroatoms. The minimum atomic E-state index is -2.93. The predicted octanol–water partition coefficient (Wildman–Crippen LogP) is 3.85. The molecule has 2 aliphatic rings. The van der Waals surface area contributed by atoms with Crippen molar-refractivity contribution in [3.63, 3.8) is 0 Å². The minimum absolute atomic E-state index is 0.0785. The summed E-state index contributed by atoms with van der Waals surface area (Å²) in [5.74, 6) is 1.91. The third-order valence-electron chi connectivity index (χ3n) is 5.44. The molecule has 3 rings (SSSR count). The molecule has 0 radical (unpaired) electrons. The van der Waals surface area contributed by atoms with E-state index in [0.717, 1.165) is 11.8 Å². The molecular weight excluding hydrogens is 316 g/mol. The summed E-state index contributed by atoms with van der Waals surface area (Å²) >= 11 is 0.